The molecule has 5 atom stereocenters. The van der Waals surface area contributed by atoms with E-state index in [-0.39, 0.29) is 30.3 Å². The van der Waals surface area contributed by atoms with Crippen LogP contribution in [0.1, 0.15) is 63.5 Å². The van der Waals surface area contributed by atoms with Crippen molar-refractivity contribution < 1.29 is 29.1 Å². The van der Waals surface area contributed by atoms with E-state index in [2.05, 4.69) is 29.8 Å². The molecule has 1 aliphatic rings. The van der Waals surface area contributed by atoms with Gasteiger partial charge < -0.3 is 31.7 Å². The predicted molar refractivity (Wildman–Crippen MR) is 175 cm³/mol. The summed E-state index contributed by atoms with van der Waals surface area (Å²) in [5.74, 6) is -3.35. The molecule has 250 valence electrons. The van der Waals surface area contributed by atoms with Crippen molar-refractivity contribution >= 4 is 29.6 Å². The Balaban J connectivity index is 1.81. The molecule has 1 heterocycles. The molecule has 4 amide bonds. The van der Waals surface area contributed by atoms with E-state index in [0.29, 0.717) is 31.7 Å². The highest BCUT2D eigenvalue weighted by molar-refractivity contribution is 5.93. The maximum atomic E-state index is 14.0. The first-order valence-electron chi connectivity index (χ1n) is 16.2. The summed E-state index contributed by atoms with van der Waals surface area (Å²) in [5, 5.41) is 17.7. The molecule has 3 rings (SSSR count). The number of amides is 4. The van der Waals surface area contributed by atoms with E-state index < -0.39 is 42.2 Å². The van der Waals surface area contributed by atoms with Crippen molar-refractivity contribution in [2.75, 3.05) is 13.6 Å². The van der Waals surface area contributed by atoms with Crippen LogP contribution in [0.2, 0.25) is 0 Å². The molecule has 0 bridgehead atoms. The zero-order valence-electron chi connectivity index (χ0n) is 27.1. The van der Waals surface area contributed by atoms with Gasteiger partial charge in [-0.15, -0.1) is 0 Å². The Morgan fingerprint density at radius 3 is 2.00 bits per heavy atom. The highest BCUT2D eigenvalue weighted by atomic mass is 16.4. The molecule has 0 radical (unpaired) electrons. The van der Waals surface area contributed by atoms with Crippen molar-refractivity contribution in [2.24, 2.45) is 17.6 Å². The minimum absolute atomic E-state index is 0.0114. The van der Waals surface area contributed by atoms with Gasteiger partial charge in [0, 0.05) is 24.9 Å². The molecule has 11 heteroatoms. The number of nitrogens with two attached hydrogens (primary N) is 1. The molecular formula is C35H49N5O6. The quantitative estimate of drug-likeness (QED) is 0.167. The summed E-state index contributed by atoms with van der Waals surface area (Å²) in [6, 6.07) is 16.0. The van der Waals surface area contributed by atoms with Crippen molar-refractivity contribution in [3.05, 3.63) is 71.8 Å². The normalized spacial score (nSPS) is 17.1. The molecule has 1 aliphatic heterocycles. The molecular weight excluding hydrogens is 586 g/mol. The summed E-state index contributed by atoms with van der Waals surface area (Å²) < 4.78 is 0. The fraction of sp³-hybridized carbons (Fsp3) is 0.514. The summed E-state index contributed by atoms with van der Waals surface area (Å²) in [4.78, 5) is 66.0. The number of carboxylic acids is 1. The Labute approximate surface area is 271 Å². The summed E-state index contributed by atoms with van der Waals surface area (Å²) in [5.41, 5.74) is 7.11. The molecule has 0 aliphatic carbocycles. The molecule has 0 spiro atoms. The Morgan fingerprint density at radius 1 is 0.870 bits per heavy atom. The molecule has 1 saturated heterocycles. The average Bonchev–Trinajstić information content (AvgIpc) is 3.50. The lowest BCUT2D eigenvalue weighted by atomic mass is 9.90. The van der Waals surface area contributed by atoms with Crippen molar-refractivity contribution in [1.29, 1.82) is 0 Å². The first kappa shape index (κ1) is 36.2. The number of primary amides is 1. The smallest absolute Gasteiger partial charge is 0.305 e. The zero-order valence-corrected chi connectivity index (χ0v) is 27.1. The number of benzene rings is 2. The van der Waals surface area contributed by atoms with E-state index in [4.69, 9.17) is 5.73 Å². The van der Waals surface area contributed by atoms with Gasteiger partial charge in [0.2, 0.25) is 23.6 Å². The molecule has 0 aromatic heterocycles. The number of carboxylic acid groups (broad SMARTS) is 1. The van der Waals surface area contributed by atoms with E-state index in [1.165, 1.54) is 0 Å². The van der Waals surface area contributed by atoms with Crippen LogP contribution >= 0.6 is 0 Å². The number of carbonyl (C=O) groups is 5. The number of aliphatic carboxylic acids is 1. The van der Waals surface area contributed by atoms with E-state index >= 15 is 0 Å². The molecule has 11 nitrogen and oxygen atoms in total. The van der Waals surface area contributed by atoms with Crippen molar-refractivity contribution in [3.8, 4) is 0 Å². The van der Waals surface area contributed by atoms with Gasteiger partial charge in [-0.3, -0.25) is 24.0 Å². The maximum Gasteiger partial charge on any atom is 0.305 e. The lowest BCUT2D eigenvalue weighted by Crippen LogP contribution is -2.55. The lowest BCUT2D eigenvalue weighted by Gasteiger charge is -2.30. The van der Waals surface area contributed by atoms with Gasteiger partial charge in [0.05, 0.1) is 12.5 Å². The fourth-order valence-electron chi connectivity index (χ4n) is 6.08. The number of rotatable bonds is 18. The highest BCUT2D eigenvalue weighted by Crippen LogP contribution is 2.26. The number of likely N-dealkylation sites (N-methyl/N-ethyl adjacent to an activating group) is 1. The largest absolute Gasteiger partial charge is 0.481 e. The highest BCUT2D eigenvalue weighted by Gasteiger charge is 2.35. The third-order valence-electron chi connectivity index (χ3n) is 8.51. The third-order valence-corrected chi connectivity index (χ3v) is 8.51. The first-order valence-corrected chi connectivity index (χ1v) is 16.2. The van der Waals surface area contributed by atoms with Gasteiger partial charge in [0.15, 0.2) is 0 Å². The monoisotopic (exact) mass is 635 g/mol. The molecule has 2 aromatic carbocycles. The van der Waals surface area contributed by atoms with Crippen LogP contribution in [0.25, 0.3) is 0 Å². The number of likely N-dealkylation sites (tertiary alicyclic amines) is 1. The van der Waals surface area contributed by atoms with Gasteiger partial charge >= 0.3 is 5.97 Å². The van der Waals surface area contributed by atoms with Crippen LogP contribution in [-0.4, -0.2) is 77.4 Å². The van der Waals surface area contributed by atoms with E-state index in [1.807, 2.05) is 72.6 Å². The second-order valence-electron chi connectivity index (χ2n) is 12.6. The Kier molecular flexibility index (Phi) is 14.2. The summed E-state index contributed by atoms with van der Waals surface area (Å²) >= 11 is 0. The summed E-state index contributed by atoms with van der Waals surface area (Å²) in [7, 11) is 1.81. The van der Waals surface area contributed by atoms with Crippen LogP contribution in [0.5, 0.6) is 0 Å². The van der Waals surface area contributed by atoms with E-state index in [1.54, 1.807) is 0 Å². The number of nitrogens with zero attached hydrogens (tertiary/aromatic N) is 1. The number of carbonyl (C=O) groups excluding carboxylic acids is 4. The van der Waals surface area contributed by atoms with E-state index in [9.17, 15) is 29.1 Å². The lowest BCUT2D eigenvalue weighted by molar-refractivity contribution is -0.140. The summed E-state index contributed by atoms with van der Waals surface area (Å²) in [6.07, 6.45) is 3.52. The SMILES string of the molecule is CN[C@@H](CC(C)C)C(=O)N1CCC[C@H]1CC[C@H](Cc1ccccc1)C(=O)N[C@@H](Cc1ccccc1)C(=O)N[C@@H](CC(=O)O)C(N)=O. The van der Waals surface area contributed by atoms with Crippen LogP contribution in [0, 0.1) is 11.8 Å². The first-order chi connectivity index (χ1) is 22.0. The maximum absolute atomic E-state index is 14.0. The molecule has 1 fully saturated rings. The standard InChI is InChI=1S/C35H49N5O6/c1-23(2)19-30(37-3)35(46)40-18-10-15-27(40)17-16-26(20-24-11-6-4-7-12-24)33(44)39-29(21-25-13-8-5-9-14-25)34(45)38-28(32(36)43)22-31(41)42/h4-9,11-14,23,26-30,37H,10,15-22H2,1-3H3,(H2,36,43)(H,38,45)(H,39,44)(H,41,42)/t26-,27+,28+,29+,30+/m1/s1. The van der Waals surface area contributed by atoms with Crippen molar-refractivity contribution in [2.45, 2.75) is 89.4 Å². The minimum atomic E-state index is -1.43. The van der Waals surface area contributed by atoms with Crippen LogP contribution in [0.15, 0.2) is 60.7 Å². The number of hydrogen-bond acceptors (Lipinski definition) is 6. The zero-order chi connectivity index (χ0) is 33.6. The van der Waals surface area contributed by atoms with Crippen LogP contribution in [-0.2, 0) is 36.8 Å². The second-order valence-corrected chi connectivity index (χ2v) is 12.6. The molecule has 46 heavy (non-hydrogen) atoms. The van der Waals surface area contributed by atoms with Gasteiger partial charge in [0.1, 0.15) is 12.1 Å². The van der Waals surface area contributed by atoms with Crippen molar-refractivity contribution in [1.82, 2.24) is 20.9 Å². The molecule has 0 saturated carbocycles. The van der Waals surface area contributed by atoms with Gasteiger partial charge in [-0.2, -0.15) is 0 Å². The third kappa shape index (κ3) is 11.3. The fourth-order valence-corrected chi connectivity index (χ4v) is 6.08. The molecule has 0 unspecified atom stereocenters. The Morgan fingerprint density at radius 2 is 1.46 bits per heavy atom. The average molecular weight is 636 g/mol. The van der Waals surface area contributed by atoms with Crippen molar-refractivity contribution in [3.63, 3.8) is 0 Å². The Hall–Kier alpha value is -4.25. The van der Waals surface area contributed by atoms with Gasteiger partial charge in [-0.1, -0.05) is 74.5 Å². The number of hydrogen-bond donors (Lipinski definition) is 5. The topological polar surface area (TPSA) is 171 Å². The minimum Gasteiger partial charge on any atom is -0.481 e. The van der Waals surface area contributed by atoms with Crippen LogP contribution < -0.4 is 21.7 Å². The van der Waals surface area contributed by atoms with Gasteiger partial charge in [-0.05, 0) is 62.6 Å². The van der Waals surface area contributed by atoms with Crippen LogP contribution in [0.4, 0.5) is 0 Å². The molecule has 2 aromatic rings. The van der Waals surface area contributed by atoms with E-state index in [0.717, 1.165) is 30.4 Å². The summed E-state index contributed by atoms with van der Waals surface area (Å²) in [6.45, 7) is 4.88. The van der Waals surface area contributed by atoms with Crippen LogP contribution in [0.3, 0.4) is 0 Å². The molecule has 6 N–H and O–H groups in total. The van der Waals surface area contributed by atoms with Gasteiger partial charge in [-0.25, -0.2) is 0 Å². The second kappa shape index (κ2) is 18.0. The number of nitrogens with one attached hydrogen (secondary N) is 3. The van der Waals surface area contributed by atoms with Gasteiger partial charge in [0.25, 0.3) is 0 Å². The predicted octanol–water partition coefficient (Wildman–Crippen LogP) is 2.42. The Bertz CT molecular complexity index is 1310.